The highest BCUT2D eigenvalue weighted by atomic mass is 19.1. The molecule has 26 heavy (non-hydrogen) atoms. The molecule has 2 aromatic rings. The minimum atomic E-state index is -1.01. The van der Waals surface area contributed by atoms with Crippen LogP contribution in [0.1, 0.15) is 10.4 Å². The molecule has 6 nitrogen and oxygen atoms in total. The molecule has 0 atom stereocenters. The van der Waals surface area contributed by atoms with E-state index in [4.69, 9.17) is 10.5 Å². The molecule has 0 saturated heterocycles. The summed E-state index contributed by atoms with van der Waals surface area (Å²) < 4.78 is 35.3. The van der Waals surface area contributed by atoms with Gasteiger partial charge in [-0.3, -0.25) is 4.79 Å². The smallest absolute Gasteiger partial charge is 0.404 e. The van der Waals surface area contributed by atoms with Crippen LogP contribution in [0.3, 0.4) is 0 Å². The van der Waals surface area contributed by atoms with Crippen molar-refractivity contribution in [2.45, 2.75) is 0 Å². The van der Waals surface area contributed by atoms with E-state index in [0.29, 0.717) is 17.0 Å². The van der Waals surface area contributed by atoms with Gasteiger partial charge in [-0.25, -0.2) is 13.6 Å². The largest absolute Gasteiger partial charge is 0.489 e. The van der Waals surface area contributed by atoms with Crippen LogP contribution in [0.15, 0.2) is 60.4 Å². The van der Waals surface area contributed by atoms with Crippen molar-refractivity contribution in [2.24, 2.45) is 5.73 Å². The Kier molecular flexibility index (Phi) is 6.67. The molecule has 2 rings (SSSR count). The van der Waals surface area contributed by atoms with Crippen LogP contribution in [0.2, 0.25) is 0 Å². The number of nitrogens with two attached hydrogens (primary N) is 1. The van der Waals surface area contributed by atoms with Crippen molar-refractivity contribution in [3.63, 3.8) is 0 Å². The third kappa shape index (κ3) is 5.90. The van der Waals surface area contributed by atoms with Crippen molar-refractivity contribution in [3.05, 3.63) is 71.8 Å². The van der Waals surface area contributed by atoms with Crippen LogP contribution in [0.25, 0.3) is 0 Å². The molecule has 0 heterocycles. The van der Waals surface area contributed by atoms with E-state index >= 15 is 0 Å². The third-order valence-corrected chi connectivity index (χ3v) is 3.20. The number of primary amides is 1. The molecule has 3 N–H and O–H groups in total. The minimum absolute atomic E-state index is 0.0851. The minimum Gasteiger partial charge on any atom is -0.489 e. The van der Waals surface area contributed by atoms with E-state index in [-0.39, 0.29) is 31.0 Å². The fourth-order valence-corrected chi connectivity index (χ4v) is 1.88. The maximum atomic E-state index is 12.8. The summed E-state index contributed by atoms with van der Waals surface area (Å²) >= 11 is 0. The number of benzene rings is 2. The van der Waals surface area contributed by atoms with E-state index in [0.717, 1.165) is 0 Å². The predicted molar refractivity (Wildman–Crippen MR) is 91.0 cm³/mol. The second kappa shape index (κ2) is 9.16. The number of hydrogen-bond acceptors (Lipinski definition) is 4. The molecular weight excluding hydrogens is 346 g/mol. The molecule has 0 saturated carbocycles. The quantitative estimate of drug-likeness (QED) is 0.790. The summed E-state index contributed by atoms with van der Waals surface area (Å²) in [5, 5.41) is 2.63. The molecule has 2 amide bonds. The Morgan fingerprint density at radius 1 is 1.04 bits per heavy atom. The van der Waals surface area contributed by atoms with Gasteiger partial charge in [-0.05, 0) is 48.5 Å². The number of nitrogens with one attached hydrogen (secondary N) is 1. The summed E-state index contributed by atoms with van der Waals surface area (Å²) in [6.45, 7) is -0.463. The van der Waals surface area contributed by atoms with Gasteiger partial charge in [-0.2, -0.15) is 0 Å². The summed E-state index contributed by atoms with van der Waals surface area (Å²) in [5.41, 5.74) is 5.71. The van der Waals surface area contributed by atoms with Gasteiger partial charge in [0.05, 0.1) is 6.33 Å². The monoisotopic (exact) mass is 362 g/mol. The average molecular weight is 362 g/mol. The lowest BCUT2D eigenvalue weighted by molar-refractivity contribution is 0.102. The first-order valence-electron chi connectivity index (χ1n) is 7.48. The van der Waals surface area contributed by atoms with E-state index in [1.54, 1.807) is 0 Å². The van der Waals surface area contributed by atoms with Gasteiger partial charge in [0.25, 0.3) is 5.91 Å². The lowest BCUT2D eigenvalue weighted by Crippen LogP contribution is -2.17. The average Bonchev–Trinajstić information content (AvgIpc) is 2.64. The third-order valence-electron chi connectivity index (χ3n) is 3.20. The lowest BCUT2D eigenvalue weighted by atomic mass is 10.2. The summed E-state index contributed by atoms with van der Waals surface area (Å²) in [6, 6.07) is 11.5. The Morgan fingerprint density at radius 2 is 1.69 bits per heavy atom. The molecule has 8 heteroatoms. The highest BCUT2D eigenvalue weighted by Gasteiger charge is 2.08. The maximum absolute atomic E-state index is 12.8. The second-order valence-electron chi connectivity index (χ2n) is 5.15. The van der Waals surface area contributed by atoms with Gasteiger partial charge < -0.3 is 20.5 Å². The number of ether oxygens (including phenoxy) is 2. The van der Waals surface area contributed by atoms with Crippen molar-refractivity contribution in [2.75, 3.05) is 18.5 Å². The highest BCUT2D eigenvalue weighted by Crippen LogP contribution is 2.15. The van der Waals surface area contributed by atoms with Crippen LogP contribution < -0.4 is 15.8 Å². The number of carbonyl (C=O) groups is 2. The van der Waals surface area contributed by atoms with Crippen LogP contribution in [-0.2, 0) is 4.74 Å². The van der Waals surface area contributed by atoms with E-state index < -0.39 is 11.9 Å². The Bertz CT molecular complexity index is 790. The highest BCUT2D eigenvalue weighted by molar-refractivity contribution is 6.04. The van der Waals surface area contributed by atoms with Crippen molar-refractivity contribution in [3.8, 4) is 5.75 Å². The Labute approximate surface area is 148 Å². The van der Waals surface area contributed by atoms with Crippen LogP contribution in [-0.4, -0.2) is 25.2 Å². The van der Waals surface area contributed by atoms with Crippen LogP contribution in [0.5, 0.6) is 5.75 Å². The number of carbonyl (C=O) groups excluding carboxylic acids is 2. The summed E-state index contributed by atoms with van der Waals surface area (Å²) in [4.78, 5) is 22.6. The zero-order chi connectivity index (χ0) is 18.9. The normalized spacial score (nSPS) is 10.9. The SMILES string of the molecule is NC(=O)OCC(=CF)COc1ccc(C(=O)Nc2ccc(F)cc2)cc1. The number of rotatable bonds is 7. The topological polar surface area (TPSA) is 90.7 Å². The molecule has 136 valence electrons. The number of halogens is 2. The number of hydrogen-bond donors (Lipinski definition) is 2. The zero-order valence-electron chi connectivity index (χ0n) is 13.6. The first-order valence-corrected chi connectivity index (χ1v) is 7.48. The van der Waals surface area contributed by atoms with Gasteiger partial charge >= 0.3 is 6.09 Å². The zero-order valence-corrected chi connectivity index (χ0v) is 13.6. The Morgan fingerprint density at radius 3 is 2.27 bits per heavy atom. The number of amides is 2. The Balaban J connectivity index is 1.89. The molecule has 0 aromatic heterocycles. The van der Waals surface area contributed by atoms with Crippen molar-refractivity contribution in [1.29, 1.82) is 0 Å². The van der Waals surface area contributed by atoms with E-state index in [2.05, 4.69) is 10.1 Å². The van der Waals surface area contributed by atoms with E-state index in [1.807, 2.05) is 0 Å². The van der Waals surface area contributed by atoms with Crippen LogP contribution in [0.4, 0.5) is 19.3 Å². The molecule has 0 unspecified atom stereocenters. The van der Waals surface area contributed by atoms with Crippen LogP contribution >= 0.6 is 0 Å². The predicted octanol–water partition coefficient (Wildman–Crippen LogP) is 3.41. The molecule has 2 aromatic carbocycles. The molecule has 0 aliphatic heterocycles. The fraction of sp³-hybridized carbons (Fsp3) is 0.111. The van der Waals surface area contributed by atoms with Crippen molar-refractivity contribution >= 4 is 17.7 Å². The first kappa shape index (κ1) is 18.9. The van der Waals surface area contributed by atoms with Gasteiger partial charge in [0.2, 0.25) is 0 Å². The fourth-order valence-electron chi connectivity index (χ4n) is 1.88. The summed E-state index contributed by atoms with van der Waals surface area (Å²) in [6.07, 6.45) is -0.742. The molecule has 0 fully saturated rings. The standard InChI is InChI=1S/C18H16F2N2O4/c19-9-12(11-26-18(21)24)10-25-16-7-1-13(2-8-16)17(23)22-15-5-3-14(20)4-6-15/h1-9H,10-11H2,(H2,21,24)(H,22,23). The van der Waals surface area contributed by atoms with Gasteiger partial charge in [-0.1, -0.05) is 0 Å². The van der Waals surface area contributed by atoms with E-state index in [9.17, 15) is 18.4 Å². The first-order chi connectivity index (χ1) is 12.5. The molecule has 0 bridgehead atoms. The van der Waals surface area contributed by atoms with Crippen molar-refractivity contribution < 1.29 is 27.8 Å². The lowest BCUT2D eigenvalue weighted by Gasteiger charge is -2.10. The molecule has 0 spiro atoms. The maximum Gasteiger partial charge on any atom is 0.404 e. The van der Waals surface area contributed by atoms with Crippen molar-refractivity contribution in [1.82, 2.24) is 0 Å². The van der Waals surface area contributed by atoms with Gasteiger partial charge in [-0.15, -0.1) is 0 Å². The summed E-state index contributed by atoms with van der Waals surface area (Å²) in [7, 11) is 0. The molecule has 0 radical (unpaired) electrons. The second-order valence-corrected chi connectivity index (χ2v) is 5.15. The van der Waals surface area contributed by atoms with Gasteiger partial charge in [0.1, 0.15) is 24.8 Å². The van der Waals surface area contributed by atoms with Crippen LogP contribution in [0, 0.1) is 5.82 Å². The number of anilines is 1. The Hall–Kier alpha value is -3.42. The van der Waals surface area contributed by atoms with E-state index in [1.165, 1.54) is 48.5 Å². The summed E-state index contributed by atoms with van der Waals surface area (Å²) in [5.74, 6) is -0.378. The molecule has 0 aliphatic rings. The molecular formula is C18H16F2N2O4. The van der Waals surface area contributed by atoms with Gasteiger partial charge in [0, 0.05) is 16.8 Å². The van der Waals surface area contributed by atoms with Gasteiger partial charge in [0.15, 0.2) is 0 Å². The molecule has 0 aliphatic carbocycles.